The van der Waals surface area contributed by atoms with Gasteiger partial charge in [-0.3, -0.25) is 4.79 Å². The second-order valence-electron chi connectivity index (χ2n) is 4.73. The third-order valence-electron chi connectivity index (χ3n) is 2.97. The van der Waals surface area contributed by atoms with Crippen LogP contribution in [-0.4, -0.2) is 17.0 Å². The lowest BCUT2D eigenvalue weighted by Crippen LogP contribution is -2.27. The number of amides is 1. The van der Waals surface area contributed by atoms with E-state index in [-0.39, 0.29) is 5.70 Å². The van der Waals surface area contributed by atoms with Crippen LogP contribution in [0.2, 0.25) is 5.02 Å². The van der Waals surface area contributed by atoms with Crippen LogP contribution in [-0.2, 0) is 4.79 Å². The molecular formula is C17H14ClNO3. The van der Waals surface area contributed by atoms with Gasteiger partial charge in [0.1, 0.15) is 5.70 Å². The molecule has 2 N–H and O–H groups in total. The highest BCUT2D eigenvalue weighted by molar-refractivity contribution is 6.30. The summed E-state index contributed by atoms with van der Waals surface area (Å²) in [5.74, 6) is -1.68. The van der Waals surface area contributed by atoms with Crippen molar-refractivity contribution in [3.05, 3.63) is 75.9 Å². The number of hydrogen-bond acceptors (Lipinski definition) is 2. The zero-order valence-electron chi connectivity index (χ0n) is 11.8. The Labute approximate surface area is 133 Å². The molecule has 4 nitrogen and oxygen atoms in total. The van der Waals surface area contributed by atoms with Gasteiger partial charge in [0.2, 0.25) is 0 Å². The zero-order valence-corrected chi connectivity index (χ0v) is 12.6. The van der Waals surface area contributed by atoms with Crippen molar-refractivity contribution in [3.8, 4) is 0 Å². The number of hydrogen-bond donors (Lipinski definition) is 2. The van der Waals surface area contributed by atoms with E-state index in [1.807, 2.05) is 6.92 Å². The highest BCUT2D eigenvalue weighted by Crippen LogP contribution is 2.12. The molecule has 0 bridgehead atoms. The summed E-state index contributed by atoms with van der Waals surface area (Å²) in [5.41, 5.74) is 1.85. The largest absolute Gasteiger partial charge is 0.477 e. The summed E-state index contributed by atoms with van der Waals surface area (Å²) in [5, 5.41) is 12.2. The molecule has 0 saturated carbocycles. The molecule has 22 heavy (non-hydrogen) atoms. The van der Waals surface area contributed by atoms with Crippen molar-refractivity contribution < 1.29 is 14.7 Å². The molecule has 0 radical (unpaired) electrons. The summed E-state index contributed by atoms with van der Waals surface area (Å²) < 4.78 is 0. The molecule has 0 aliphatic rings. The fourth-order valence-corrected chi connectivity index (χ4v) is 1.90. The molecule has 0 aromatic heterocycles. The number of carbonyl (C=O) groups excluding carboxylic acids is 1. The van der Waals surface area contributed by atoms with Crippen LogP contribution in [0.5, 0.6) is 0 Å². The van der Waals surface area contributed by atoms with Crippen LogP contribution in [0.15, 0.2) is 54.2 Å². The van der Waals surface area contributed by atoms with Gasteiger partial charge in [0.15, 0.2) is 0 Å². The number of aliphatic carboxylic acids is 1. The van der Waals surface area contributed by atoms with Gasteiger partial charge >= 0.3 is 5.97 Å². The molecule has 2 rings (SSSR count). The molecule has 1 amide bonds. The Bertz CT molecular complexity index is 719. The van der Waals surface area contributed by atoms with Crippen molar-refractivity contribution in [3.63, 3.8) is 0 Å². The lowest BCUT2D eigenvalue weighted by atomic mass is 10.1. The van der Waals surface area contributed by atoms with Crippen LogP contribution >= 0.6 is 11.6 Å². The minimum Gasteiger partial charge on any atom is -0.477 e. The highest BCUT2D eigenvalue weighted by Gasteiger charge is 2.13. The number of halogens is 1. The predicted octanol–water partition coefficient (Wildman–Crippen LogP) is 3.50. The van der Waals surface area contributed by atoms with Crippen molar-refractivity contribution in [2.45, 2.75) is 6.92 Å². The van der Waals surface area contributed by atoms with E-state index in [4.69, 9.17) is 11.6 Å². The average Bonchev–Trinajstić information content (AvgIpc) is 2.49. The van der Waals surface area contributed by atoms with E-state index in [0.717, 1.165) is 5.56 Å². The Morgan fingerprint density at radius 2 is 1.64 bits per heavy atom. The molecule has 0 aliphatic carbocycles. The van der Waals surface area contributed by atoms with Crippen LogP contribution < -0.4 is 5.32 Å². The van der Waals surface area contributed by atoms with Gasteiger partial charge < -0.3 is 10.4 Å². The summed E-state index contributed by atoms with van der Waals surface area (Å²) in [6, 6.07) is 13.5. The minimum atomic E-state index is -1.21. The molecule has 2 aromatic rings. The molecule has 0 fully saturated rings. The zero-order chi connectivity index (χ0) is 16.1. The summed E-state index contributed by atoms with van der Waals surface area (Å²) in [4.78, 5) is 23.4. The van der Waals surface area contributed by atoms with Crippen LogP contribution in [0.3, 0.4) is 0 Å². The highest BCUT2D eigenvalue weighted by atomic mass is 35.5. The Morgan fingerprint density at radius 3 is 2.18 bits per heavy atom. The summed E-state index contributed by atoms with van der Waals surface area (Å²) in [7, 11) is 0. The van der Waals surface area contributed by atoms with E-state index < -0.39 is 11.9 Å². The first kappa shape index (κ1) is 15.8. The van der Waals surface area contributed by atoms with Crippen LogP contribution in [0.1, 0.15) is 21.5 Å². The maximum atomic E-state index is 12.1. The van der Waals surface area contributed by atoms with Crippen LogP contribution in [0.25, 0.3) is 6.08 Å². The third kappa shape index (κ3) is 4.20. The van der Waals surface area contributed by atoms with Gasteiger partial charge in [0.05, 0.1) is 0 Å². The SMILES string of the molecule is Cc1ccc(C(=O)N/C(=C\c2ccc(Cl)cc2)C(=O)O)cc1. The average molecular weight is 316 g/mol. The van der Waals surface area contributed by atoms with Crippen molar-refractivity contribution >= 4 is 29.6 Å². The van der Waals surface area contributed by atoms with E-state index in [1.54, 1.807) is 48.5 Å². The van der Waals surface area contributed by atoms with Gasteiger partial charge in [0, 0.05) is 10.6 Å². The van der Waals surface area contributed by atoms with Gasteiger partial charge in [-0.2, -0.15) is 0 Å². The Kier molecular flexibility index (Phi) is 4.96. The Morgan fingerprint density at radius 1 is 1.05 bits per heavy atom. The van der Waals surface area contributed by atoms with Crippen LogP contribution in [0.4, 0.5) is 0 Å². The standard InChI is InChI=1S/C17H14ClNO3/c1-11-2-6-13(7-3-11)16(20)19-15(17(21)22)10-12-4-8-14(18)9-5-12/h2-10H,1H3,(H,19,20)(H,21,22)/b15-10-. The summed E-state index contributed by atoms with van der Waals surface area (Å²) in [6.45, 7) is 1.91. The number of aryl methyl sites for hydroxylation is 1. The van der Waals surface area contributed by atoms with Crippen LogP contribution in [0, 0.1) is 6.92 Å². The molecule has 2 aromatic carbocycles. The Balaban J connectivity index is 2.21. The molecule has 0 unspecified atom stereocenters. The number of rotatable bonds is 4. The third-order valence-corrected chi connectivity index (χ3v) is 3.23. The van der Waals surface area contributed by atoms with E-state index in [1.165, 1.54) is 6.08 Å². The minimum absolute atomic E-state index is 0.201. The second-order valence-corrected chi connectivity index (χ2v) is 5.17. The number of carbonyl (C=O) groups is 2. The fourth-order valence-electron chi connectivity index (χ4n) is 1.78. The summed E-state index contributed by atoms with van der Waals surface area (Å²) in [6.07, 6.45) is 1.38. The van der Waals surface area contributed by atoms with Gasteiger partial charge in [-0.1, -0.05) is 41.4 Å². The Hall–Kier alpha value is -2.59. The molecule has 0 saturated heterocycles. The number of nitrogens with one attached hydrogen (secondary N) is 1. The number of carboxylic acid groups (broad SMARTS) is 1. The lowest BCUT2D eigenvalue weighted by molar-refractivity contribution is -0.132. The van der Waals surface area contributed by atoms with Crippen molar-refractivity contribution in [1.29, 1.82) is 0 Å². The first-order chi connectivity index (χ1) is 10.5. The first-order valence-corrected chi connectivity index (χ1v) is 6.92. The van der Waals surface area contributed by atoms with Gasteiger partial charge in [-0.25, -0.2) is 4.79 Å². The van der Waals surface area contributed by atoms with Gasteiger partial charge in [0.25, 0.3) is 5.91 Å². The van der Waals surface area contributed by atoms with E-state index in [2.05, 4.69) is 5.32 Å². The topological polar surface area (TPSA) is 66.4 Å². The fraction of sp³-hybridized carbons (Fsp3) is 0.0588. The first-order valence-electron chi connectivity index (χ1n) is 6.54. The monoisotopic (exact) mass is 315 g/mol. The second kappa shape index (κ2) is 6.91. The molecule has 0 spiro atoms. The number of benzene rings is 2. The predicted molar refractivity (Wildman–Crippen MR) is 85.7 cm³/mol. The van der Waals surface area contributed by atoms with E-state index in [9.17, 15) is 14.7 Å². The molecule has 0 aliphatic heterocycles. The molecule has 0 heterocycles. The van der Waals surface area contributed by atoms with Crippen molar-refractivity contribution in [1.82, 2.24) is 5.32 Å². The van der Waals surface area contributed by atoms with Crippen molar-refractivity contribution in [2.75, 3.05) is 0 Å². The molecular weight excluding hydrogens is 302 g/mol. The van der Waals surface area contributed by atoms with Gasteiger partial charge in [-0.05, 0) is 42.8 Å². The van der Waals surface area contributed by atoms with E-state index >= 15 is 0 Å². The van der Waals surface area contributed by atoms with E-state index in [0.29, 0.717) is 16.1 Å². The maximum absolute atomic E-state index is 12.1. The maximum Gasteiger partial charge on any atom is 0.352 e. The molecule has 5 heteroatoms. The molecule has 112 valence electrons. The lowest BCUT2D eigenvalue weighted by Gasteiger charge is -2.06. The molecule has 0 atom stereocenters. The van der Waals surface area contributed by atoms with Gasteiger partial charge in [-0.15, -0.1) is 0 Å². The summed E-state index contributed by atoms with van der Waals surface area (Å²) >= 11 is 5.78. The smallest absolute Gasteiger partial charge is 0.352 e. The number of carboxylic acids is 1. The quantitative estimate of drug-likeness (QED) is 0.849. The normalized spacial score (nSPS) is 11.1. The van der Waals surface area contributed by atoms with Crippen molar-refractivity contribution in [2.24, 2.45) is 0 Å².